The van der Waals surface area contributed by atoms with Crippen molar-refractivity contribution in [1.29, 1.82) is 0 Å². The number of nitrogens with two attached hydrogens (primary N) is 1. The number of hydrogen-bond acceptors (Lipinski definition) is 5. The zero-order chi connectivity index (χ0) is 22.9. The highest BCUT2D eigenvalue weighted by atomic mass is 16.5. The maximum Gasteiger partial charge on any atom is 0.252 e. The van der Waals surface area contributed by atoms with Crippen molar-refractivity contribution in [3.8, 4) is 16.9 Å². The zero-order valence-corrected chi connectivity index (χ0v) is 18.7. The van der Waals surface area contributed by atoms with Crippen LogP contribution in [-0.2, 0) is 13.1 Å². The minimum Gasteiger partial charge on any atom is -0.497 e. The summed E-state index contributed by atoms with van der Waals surface area (Å²) < 4.78 is 5.33. The van der Waals surface area contributed by atoms with Gasteiger partial charge in [-0.15, -0.1) is 0 Å². The van der Waals surface area contributed by atoms with Gasteiger partial charge in [0, 0.05) is 36.3 Å². The van der Waals surface area contributed by atoms with Crippen molar-refractivity contribution >= 4 is 16.8 Å². The Kier molecular flexibility index (Phi) is 5.58. The van der Waals surface area contributed by atoms with Crippen LogP contribution in [-0.4, -0.2) is 29.8 Å². The van der Waals surface area contributed by atoms with E-state index in [9.17, 15) is 4.79 Å². The molecule has 2 heterocycles. The van der Waals surface area contributed by atoms with Gasteiger partial charge in [0.2, 0.25) is 0 Å². The number of aryl methyl sites for hydroxylation is 1. The first kappa shape index (κ1) is 21.2. The van der Waals surface area contributed by atoms with Crippen LogP contribution in [0.5, 0.6) is 5.75 Å². The first-order valence-corrected chi connectivity index (χ1v) is 11.0. The molecule has 5 rings (SSSR count). The van der Waals surface area contributed by atoms with E-state index in [4.69, 9.17) is 10.5 Å². The number of fused-ring (bicyclic) bond motifs is 2. The van der Waals surface area contributed by atoms with Crippen molar-refractivity contribution in [2.45, 2.75) is 26.1 Å². The van der Waals surface area contributed by atoms with Crippen molar-refractivity contribution in [2.75, 3.05) is 13.7 Å². The van der Waals surface area contributed by atoms with Crippen molar-refractivity contribution in [3.63, 3.8) is 0 Å². The molecule has 0 saturated carbocycles. The number of aromatic amines is 1. The second kappa shape index (κ2) is 8.69. The van der Waals surface area contributed by atoms with Crippen LogP contribution in [0.1, 0.15) is 38.8 Å². The Morgan fingerprint density at radius 1 is 1.15 bits per heavy atom. The lowest BCUT2D eigenvalue weighted by atomic mass is 9.94. The predicted octanol–water partition coefficient (Wildman–Crippen LogP) is 3.58. The summed E-state index contributed by atoms with van der Waals surface area (Å²) in [5.74, 6) is 0.604. The Bertz CT molecular complexity index is 1340. The Morgan fingerprint density at radius 3 is 2.85 bits per heavy atom. The number of methoxy groups -OCH3 is 1. The molecule has 33 heavy (non-hydrogen) atoms. The number of amides is 1. The summed E-state index contributed by atoms with van der Waals surface area (Å²) in [6.07, 6.45) is 0. The first-order chi connectivity index (χ1) is 16.1. The second-order valence-corrected chi connectivity index (χ2v) is 8.38. The number of H-pyrrole nitrogens is 1. The molecule has 7 nitrogen and oxygen atoms in total. The number of ether oxygens (including phenoxy) is 1. The van der Waals surface area contributed by atoms with Crippen LogP contribution in [0, 0.1) is 6.92 Å². The number of nitrogens with zero attached hydrogens (tertiary/aromatic N) is 1. The largest absolute Gasteiger partial charge is 0.497 e. The molecule has 5 N–H and O–H groups in total. The van der Waals surface area contributed by atoms with Crippen LogP contribution < -0.4 is 21.1 Å². The third kappa shape index (κ3) is 3.97. The van der Waals surface area contributed by atoms with Gasteiger partial charge in [0.05, 0.1) is 18.7 Å². The molecule has 1 aromatic heterocycles. The van der Waals surface area contributed by atoms with Gasteiger partial charge >= 0.3 is 0 Å². The maximum absolute atomic E-state index is 13.5. The number of carbonyl (C=O) groups excluding carboxylic acids is 1. The van der Waals surface area contributed by atoms with Gasteiger partial charge in [0.1, 0.15) is 5.75 Å². The van der Waals surface area contributed by atoms with E-state index in [-0.39, 0.29) is 18.5 Å². The minimum absolute atomic E-state index is 0.129. The van der Waals surface area contributed by atoms with E-state index in [1.54, 1.807) is 7.11 Å². The molecule has 4 aromatic rings. The quantitative estimate of drug-likeness (QED) is 0.366. The fraction of sp³-hybridized carbons (Fsp3) is 0.231. The molecule has 0 fully saturated rings. The fourth-order valence-corrected chi connectivity index (χ4v) is 4.48. The smallest absolute Gasteiger partial charge is 0.252 e. The highest BCUT2D eigenvalue weighted by Crippen LogP contribution is 2.31. The van der Waals surface area contributed by atoms with Crippen LogP contribution in [0.3, 0.4) is 0 Å². The lowest BCUT2D eigenvalue weighted by Gasteiger charge is -2.19. The molecule has 3 aromatic carbocycles. The molecule has 1 aliphatic heterocycles. The number of benzene rings is 3. The summed E-state index contributed by atoms with van der Waals surface area (Å²) in [5, 5.41) is 14.9. The average molecular weight is 442 g/mol. The van der Waals surface area contributed by atoms with E-state index in [1.165, 1.54) is 0 Å². The standard InChI is InChI=1S/C26H27N5O2/c1-15-21-10-16(6-7-24(21)31-30-15)18-8-19-13-28-14-23(19)22(11-18)26(32)29-25(12-27)17-4-3-5-20(9-17)33-2/h3-11,25,28H,12-14,27H2,1-2H3,(H,29,32)(H,30,31). The summed E-state index contributed by atoms with van der Waals surface area (Å²) in [4.78, 5) is 13.5. The SMILES string of the molecule is COc1cccc(C(CN)NC(=O)c2cc(-c3ccc4n[nH]c(C)c4c3)cc3c2CNC3)c1. The van der Waals surface area contributed by atoms with E-state index in [0.717, 1.165) is 56.7 Å². The molecule has 0 aliphatic carbocycles. The molecule has 1 amide bonds. The molecule has 0 radical (unpaired) electrons. The van der Waals surface area contributed by atoms with Crippen LogP contribution in [0.25, 0.3) is 22.0 Å². The Labute approximate surface area is 192 Å². The molecule has 168 valence electrons. The fourth-order valence-electron chi connectivity index (χ4n) is 4.48. The number of carbonyl (C=O) groups is 1. The number of nitrogens with one attached hydrogen (secondary N) is 3. The summed E-state index contributed by atoms with van der Waals surface area (Å²) in [7, 11) is 1.62. The molecule has 0 bridgehead atoms. The summed E-state index contributed by atoms with van der Waals surface area (Å²) >= 11 is 0. The lowest BCUT2D eigenvalue weighted by molar-refractivity contribution is 0.0937. The second-order valence-electron chi connectivity index (χ2n) is 8.38. The number of aromatic nitrogens is 2. The first-order valence-electron chi connectivity index (χ1n) is 11.0. The van der Waals surface area contributed by atoms with E-state index in [2.05, 4.69) is 33.0 Å². The zero-order valence-electron chi connectivity index (χ0n) is 18.7. The summed E-state index contributed by atoms with van der Waals surface area (Å²) in [6.45, 7) is 3.71. The highest BCUT2D eigenvalue weighted by molar-refractivity contribution is 5.98. The van der Waals surface area contributed by atoms with Gasteiger partial charge in [-0.25, -0.2) is 0 Å². The van der Waals surface area contributed by atoms with Crippen molar-refractivity contribution in [1.82, 2.24) is 20.8 Å². The molecule has 1 unspecified atom stereocenters. The van der Waals surface area contributed by atoms with E-state index < -0.39 is 0 Å². The van der Waals surface area contributed by atoms with Crippen molar-refractivity contribution in [3.05, 3.63) is 82.5 Å². The number of hydrogen-bond donors (Lipinski definition) is 4. The Morgan fingerprint density at radius 2 is 2.03 bits per heavy atom. The molecular formula is C26H27N5O2. The molecular weight excluding hydrogens is 414 g/mol. The van der Waals surface area contributed by atoms with E-state index >= 15 is 0 Å². The summed E-state index contributed by atoms with van der Waals surface area (Å²) in [5.41, 5.74) is 13.8. The Hall–Kier alpha value is -3.68. The van der Waals surface area contributed by atoms with E-state index in [0.29, 0.717) is 12.1 Å². The van der Waals surface area contributed by atoms with Gasteiger partial charge in [-0.1, -0.05) is 18.2 Å². The predicted molar refractivity (Wildman–Crippen MR) is 129 cm³/mol. The topological polar surface area (TPSA) is 105 Å². The van der Waals surface area contributed by atoms with Crippen LogP contribution in [0.2, 0.25) is 0 Å². The van der Waals surface area contributed by atoms with Gasteiger partial charge in [-0.05, 0) is 71.1 Å². The van der Waals surface area contributed by atoms with Gasteiger partial charge in [0.25, 0.3) is 5.91 Å². The molecule has 1 aliphatic rings. The normalized spacial score (nSPS) is 13.7. The van der Waals surface area contributed by atoms with Crippen LogP contribution >= 0.6 is 0 Å². The van der Waals surface area contributed by atoms with E-state index in [1.807, 2.05) is 49.4 Å². The third-order valence-corrected chi connectivity index (χ3v) is 6.32. The molecule has 1 atom stereocenters. The van der Waals surface area contributed by atoms with Crippen LogP contribution in [0.15, 0.2) is 54.6 Å². The lowest BCUT2D eigenvalue weighted by Crippen LogP contribution is -2.34. The van der Waals surface area contributed by atoms with Crippen molar-refractivity contribution in [2.24, 2.45) is 5.73 Å². The average Bonchev–Trinajstić information content (AvgIpc) is 3.48. The van der Waals surface area contributed by atoms with Crippen LogP contribution in [0.4, 0.5) is 0 Å². The van der Waals surface area contributed by atoms with Gasteiger partial charge < -0.3 is 21.1 Å². The van der Waals surface area contributed by atoms with Gasteiger partial charge in [0.15, 0.2) is 0 Å². The minimum atomic E-state index is -0.314. The van der Waals surface area contributed by atoms with Crippen molar-refractivity contribution < 1.29 is 9.53 Å². The molecule has 0 saturated heterocycles. The van der Waals surface area contributed by atoms with Gasteiger partial charge in [-0.3, -0.25) is 9.89 Å². The molecule has 0 spiro atoms. The number of rotatable bonds is 6. The molecule has 7 heteroatoms. The Balaban J connectivity index is 1.51. The monoisotopic (exact) mass is 441 g/mol. The van der Waals surface area contributed by atoms with Gasteiger partial charge in [-0.2, -0.15) is 5.10 Å². The maximum atomic E-state index is 13.5. The highest BCUT2D eigenvalue weighted by Gasteiger charge is 2.23. The third-order valence-electron chi connectivity index (χ3n) is 6.32. The summed E-state index contributed by atoms with van der Waals surface area (Å²) in [6, 6.07) is 17.7.